The number of nitriles is 1. The third kappa shape index (κ3) is 4.36. The highest BCUT2D eigenvalue weighted by Crippen LogP contribution is 2.31. The Bertz CT molecular complexity index is 1210. The average Bonchev–Trinajstić information content (AvgIpc) is 3.25. The molecular formula is C24H25N3O2S2. The van der Waals surface area contributed by atoms with Crippen LogP contribution in [-0.2, 0) is 16.3 Å². The van der Waals surface area contributed by atoms with Gasteiger partial charge in [-0.1, -0.05) is 30.3 Å². The second kappa shape index (κ2) is 8.81. The van der Waals surface area contributed by atoms with Crippen LogP contribution in [0.2, 0.25) is 0 Å². The van der Waals surface area contributed by atoms with Gasteiger partial charge < -0.3 is 4.90 Å². The summed E-state index contributed by atoms with van der Waals surface area (Å²) in [7, 11) is -3.52. The molecule has 0 unspecified atom stereocenters. The normalized spacial score (nSPS) is 15.1. The van der Waals surface area contributed by atoms with Crippen LogP contribution in [0.4, 0.5) is 5.13 Å². The van der Waals surface area contributed by atoms with Crippen molar-refractivity contribution in [2.24, 2.45) is 0 Å². The van der Waals surface area contributed by atoms with Gasteiger partial charge >= 0.3 is 0 Å². The van der Waals surface area contributed by atoms with E-state index in [1.165, 1.54) is 16.7 Å². The van der Waals surface area contributed by atoms with Crippen LogP contribution in [0.25, 0.3) is 0 Å². The van der Waals surface area contributed by atoms with Gasteiger partial charge in [-0.3, -0.25) is 0 Å². The predicted octanol–water partition coefficient (Wildman–Crippen LogP) is 4.67. The zero-order valence-electron chi connectivity index (χ0n) is 17.7. The van der Waals surface area contributed by atoms with Crippen LogP contribution in [0.1, 0.15) is 40.8 Å². The van der Waals surface area contributed by atoms with E-state index in [0.29, 0.717) is 25.9 Å². The van der Waals surface area contributed by atoms with Crippen molar-refractivity contribution in [2.45, 2.75) is 43.3 Å². The van der Waals surface area contributed by atoms with Crippen LogP contribution < -0.4 is 4.90 Å². The van der Waals surface area contributed by atoms with Crippen LogP contribution in [0.5, 0.6) is 0 Å². The Morgan fingerprint density at radius 1 is 1.10 bits per heavy atom. The first-order valence-corrected chi connectivity index (χ1v) is 12.8. The fraction of sp³-hybridized carbons (Fsp3) is 0.333. The zero-order chi connectivity index (χ0) is 22.0. The number of nitrogens with zero attached hydrogens (tertiary/aromatic N) is 3. The lowest BCUT2D eigenvalue weighted by atomic mass is 9.99. The van der Waals surface area contributed by atoms with Gasteiger partial charge in [-0.2, -0.15) is 5.26 Å². The number of hydrogen-bond donors (Lipinski definition) is 0. The Labute approximate surface area is 187 Å². The quantitative estimate of drug-likeness (QED) is 0.564. The minimum atomic E-state index is -3.52. The van der Waals surface area contributed by atoms with Crippen LogP contribution in [0, 0.1) is 25.2 Å². The zero-order valence-corrected chi connectivity index (χ0v) is 19.3. The highest BCUT2D eigenvalue weighted by molar-refractivity contribution is 7.92. The molecule has 0 aliphatic carbocycles. The Morgan fingerprint density at radius 3 is 2.45 bits per heavy atom. The summed E-state index contributed by atoms with van der Waals surface area (Å²) in [6, 6.07) is 14.8. The average molecular weight is 452 g/mol. The number of sulfone groups is 1. The minimum absolute atomic E-state index is 0.154. The Morgan fingerprint density at radius 2 is 1.77 bits per heavy atom. The Kier molecular flexibility index (Phi) is 6.12. The summed E-state index contributed by atoms with van der Waals surface area (Å²) in [5.74, 6) is 0. The molecule has 1 aliphatic heterocycles. The van der Waals surface area contributed by atoms with E-state index < -0.39 is 15.1 Å². The molecule has 0 atom stereocenters. The maximum atomic E-state index is 13.1. The van der Waals surface area contributed by atoms with E-state index in [2.05, 4.69) is 42.3 Å². The largest absolute Gasteiger partial charge is 0.348 e. The number of aryl methyl sites for hydroxylation is 2. The maximum Gasteiger partial charge on any atom is 0.185 e. The van der Waals surface area contributed by atoms with E-state index in [9.17, 15) is 13.7 Å². The number of rotatable bonds is 5. The van der Waals surface area contributed by atoms with Crippen LogP contribution in [-0.4, -0.2) is 31.7 Å². The summed E-state index contributed by atoms with van der Waals surface area (Å²) < 4.78 is 26.2. The molecule has 0 bridgehead atoms. The van der Waals surface area contributed by atoms with Crippen LogP contribution in [0.15, 0.2) is 52.7 Å². The minimum Gasteiger partial charge on any atom is -0.348 e. The number of piperidine rings is 1. The molecule has 0 radical (unpaired) electrons. The lowest BCUT2D eigenvalue weighted by Crippen LogP contribution is -2.39. The van der Waals surface area contributed by atoms with E-state index in [1.807, 2.05) is 6.07 Å². The molecule has 5 nitrogen and oxygen atoms in total. The molecule has 3 aromatic rings. The third-order valence-corrected chi connectivity index (χ3v) is 9.28. The van der Waals surface area contributed by atoms with Crippen molar-refractivity contribution in [1.29, 1.82) is 5.26 Å². The molecular weight excluding hydrogens is 426 g/mol. The lowest BCUT2D eigenvalue weighted by molar-refractivity contribution is 0.529. The van der Waals surface area contributed by atoms with Gasteiger partial charge in [0, 0.05) is 24.9 Å². The molecule has 1 aliphatic rings. The van der Waals surface area contributed by atoms with Gasteiger partial charge in [-0.15, -0.1) is 11.3 Å². The monoisotopic (exact) mass is 451 g/mol. The maximum absolute atomic E-state index is 13.1. The first-order chi connectivity index (χ1) is 14.9. The van der Waals surface area contributed by atoms with Crippen molar-refractivity contribution in [3.63, 3.8) is 0 Å². The highest BCUT2D eigenvalue weighted by atomic mass is 32.2. The molecule has 0 N–H and O–H groups in total. The molecule has 1 aromatic heterocycles. The van der Waals surface area contributed by atoms with E-state index in [4.69, 9.17) is 4.98 Å². The van der Waals surface area contributed by atoms with Crippen molar-refractivity contribution in [2.75, 3.05) is 18.0 Å². The number of hydrogen-bond acceptors (Lipinski definition) is 6. The first-order valence-electron chi connectivity index (χ1n) is 10.4. The van der Waals surface area contributed by atoms with Gasteiger partial charge in [0.05, 0.1) is 21.4 Å². The molecule has 2 heterocycles. The summed E-state index contributed by atoms with van der Waals surface area (Å²) >= 11 is 1.62. The molecule has 0 spiro atoms. The molecule has 2 aromatic carbocycles. The molecule has 1 fully saturated rings. The van der Waals surface area contributed by atoms with Crippen LogP contribution >= 0.6 is 11.3 Å². The van der Waals surface area contributed by atoms with Crippen molar-refractivity contribution in [3.05, 3.63) is 75.8 Å². The fourth-order valence-electron chi connectivity index (χ4n) is 4.18. The molecule has 0 saturated carbocycles. The van der Waals surface area contributed by atoms with E-state index >= 15 is 0 Å². The summed E-state index contributed by atoms with van der Waals surface area (Å²) in [5.41, 5.74) is 5.15. The van der Waals surface area contributed by atoms with E-state index in [1.54, 1.807) is 35.6 Å². The lowest BCUT2D eigenvalue weighted by Gasteiger charge is -2.31. The number of aromatic nitrogens is 1. The van der Waals surface area contributed by atoms with Gasteiger partial charge in [0.15, 0.2) is 15.0 Å². The van der Waals surface area contributed by atoms with Gasteiger partial charge in [0.25, 0.3) is 0 Å². The first kappa shape index (κ1) is 21.5. The van der Waals surface area contributed by atoms with Gasteiger partial charge in [0.1, 0.15) is 6.07 Å². The second-order valence-electron chi connectivity index (χ2n) is 8.01. The topological polar surface area (TPSA) is 74.1 Å². The van der Waals surface area contributed by atoms with Gasteiger partial charge in [-0.25, -0.2) is 13.4 Å². The van der Waals surface area contributed by atoms with Crippen molar-refractivity contribution < 1.29 is 8.42 Å². The summed E-state index contributed by atoms with van der Waals surface area (Å²) in [5, 5.41) is 11.9. The molecule has 31 heavy (non-hydrogen) atoms. The highest BCUT2D eigenvalue weighted by Gasteiger charge is 2.33. The Hall–Kier alpha value is -2.69. The third-order valence-electron chi connectivity index (χ3n) is 6.01. The van der Waals surface area contributed by atoms with Crippen molar-refractivity contribution in [1.82, 2.24) is 4.98 Å². The fourth-order valence-corrected chi connectivity index (χ4v) is 6.93. The van der Waals surface area contributed by atoms with Gasteiger partial charge in [0.2, 0.25) is 0 Å². The summed E-state index contributed by atoms with van der Waals surface area (Å²) in [4.78, 5) is 7.17. The number of anilines is 1. The number of thiazole rings is 1. The SMILES string of the molecule is Cc1cccc(C)c1Cc1csc(N2CCC(S(=O)(=O)c3ccccc3C#N)CC2)n1. The molecule has 4 rings (SSSR count). The molecule has 160 valence electrons. The van der Waals surface area contributed by atoms with E-state index in [0.717, 1.165) is 17.2 Å². The van der Waals surface area contributed by atoms with E-state index in [-0.39, 0.29) is 10.5 Å². The smallest absolute Gasteiger partial charge is 0.185 e. The van der Waals surface area contributed by atoms with Gasteiger partial charge in [-0.05, 0) is 55.5 Å². The Balaban J connectivity index is 1.45. The van der Waals surface area contributed by atoms with Crippen LogP contribution in [0.3, 0.4) is 0 Å². The summed E-state index contributed by atoms with van der Waals surface area (Å²) in [6.45, 7) is 5.56. The molecule has 7 heteroatoms. The number of benzene rings is 2. The van der Waals surface area contributed by atoms with Crippen molar-refractivity contribution in [3.8, 4) is 6.07 Å². The molecule has 0 amide bonds. The summed E-state index contributed by atoms with van der Waals surface area (Å²) in [6.07, 6.45) is 1.88. The molecule has 1 saturated heterocycles. The predicted molar refractivity (Wildman–Crippen MR) is 124 cm³/mol. The van der Waals surface area contributed by atoms with Crippen molar-refractivity contribution >= 4 is 26.3 Å². The second-order valence-corrected chi connectivity index (χ2v) is 11.0. The standard InChI is InChI=1S/C24H25N3O2S2/c1-17-6-5-7-18(2)22(17)14-20-16-30-24(26-20)27-12-10-21(11-13-27)31(28,29)23-9-4-3-8-19(23)15-25/h3-9,16,21H,10-14H2,1-2H3.